The van der Waals surface area contributed by atoms with E-state index in [9.17, 15) is 14.9 Å². The van der Waals surface area contributed by atoms with E-state index < -0.39 is 10.8 Å². The van der Waals surface area contributed by atoms with Gasteiger partial charge in [-0.3, -0.25) is 14.9 Å². The molecule has 0 N–H and O–H groups in total. The first-order valence-electron chi connectivity index (χ1n) is 5.83. The average molecular weight is 266 g/mol. The summed E-state index contributed by atoms with van der Waals surface area (Å²) in [7, 11) is 1.38. The Labute approximate surface area is 109 Å². The monoisotopic (exact) mass is 266 g/mol. The molecule has 2 rings (SSSR count). The number of carbonyl (C=O) groups excluding carboxylic acids is 1. The van der Waals surface area contributed by atoms with Gasteiger partial charge in [-0.2, -0.15) is 0 Å². The Hall–Kier alpha value is -2.15. The van der Waals surface area contributed by atoms with Crippen molar-refractivity contribution in [2.75, 3.05) is 33.4 Å². The standard InChI is InChI=1S/C12H14N2O5/c1-18-10-4-2-3-9(14(16)17)11(10)12(15)13-5-7-19-8-6-13/h2-4H,5-8H2,1H3. The Bertz CT molecular complexity index is 497. The van der Waals surface area contributed by atoms with Crippen LogP contribution in [0.3, 0.4) is 0 Å². The predicted octanol–water partition coefficient (Wildman–Crippen LogP) is 1.08. The van der Waals surface area contributed by atoms with Gasteiger partial charge >= 0.3 is 0 Å². The summed E-state index contributed by atoms with van der Waals surface area (Å²) in [6.07, 6.45) is 0. The van der Waals surface area contributed by atoms with Crippen LogP contribution in [-0.4, -0.2) is 49.1 Å². The third kappa shape index (κ3) is 2.65. The minimum atomic E-state index is -0.573. The summed E-state index contributed by atoms with van der Waals surface area (Å²) in [5.41, 5.74) is -0.243. The average Bonchev–Trinajstić information content (AvgIpc) is 2.46. The molecule has 0 atom stereocenters. The summed E-state index contributed by atoms with van der Waals surface area (Å²) in [6.45, 7) is 1.73. The van der Waals surface area contributed by atoms with Gasteiger partial charge in [-0.05, 0) is 6.07 Å². The normalized spacial score (nSPS) is 15.1. The fourth-order valence-electron chi connectivity index (χ4n) is 1.98. The molecule has 0 aromatic heterocycles. The maximum Gasteiger partial charge on any atom is 0.285 e. The van der Waals surface area contributed by atoms with E-state index in [1.807, 2.05) is 0 Å². The molecular weight excluding hydrogens is 252 g/mol. The number of carbonyl (C=O) groups is 1. The number of methoxy groups -OCH3 is 1. The molecule has 1 aliphatic heterocycles. The van der Waals surface area contributed by atoms with E-state index in [1.54, 1.807) is 6.07 Å². The molecule has 7 heteroatoms. The molecule has 0 aliphatic carbocycles. The van der Waals surface area contributed by atoms with Gasteiger partial charge in [-0.25, -0.2) is 0 Å². The summed E-state index contributed by atoms with van der Waals surface area (Å²) in [5, 5.41) is 11.0. The molecule has 1 heterocycles. The van der Waals surface area contributed by atoms with Gasteiger partial charge in [0.25, 0.3) is 11.6 Å². The summed E-state index contributed by atoms with van der Waals surface area (Å²) in [4.78, 5) is 24.4. The summed E-state index contributed by atoms with van der Waals surface area (Å²) >= 11 is 0. The van der Waals surface area contributed by atoms with E-state index in [2.05, 4.69) is 0 Å². The molecule has 0 unspecified atom stereocenters. The van der Waals surface area contributed by atoms with Crippen LogP contribution >= 0.6 is 0 Å². The minimum absolute atomic E-state index is 0.00287. The van der Waals surface area contributed by atoms with Crippen molar-refractivity contribution in [1.82, 2.24) is 4.90 Å². The quantitative estimate of drug-likeness (QED) is 0.604. The highest BCUT2D eigenvalue weighted by Crippen LogP contribution is 2.29. The van der Waals surface area contributed by atoms with Crippen molar-refractivity contribution in [1.29, 1.82) is 0 Å². The van der Waals surface area contributed by atoms with E-state index >= 15 is 0 Å². The molecule has 1 saturated heterocycles. The number of nitro benzene ring substituents is 1. The van der Waals surface area contributed by atoms with Gasteiger partial charge in [0.1, 0.15) is 5.75 Å². The summed E-state index contributed by atoms with van der Waals surface area (Å²) in [5.74, 6) is -0.182. The lowest BCUT2D eigenvalue weighted by atomic mass is 10.1. The Balaban J connectivity index is 2.41. The molecule has 1 aliphatic rings. The predicted molar refractivity (Wildman–Crippen MR) is 66.4 cm³/mol. The van der Waals surface area contributed by atoms with Crippen molar-refractivity contribution >= 4 is 11.6 Å². The fourth-order valence-corrected chi connectivity index (χ4v) is 1.98. The van der Waals surface area contributed by atoms with Gasteiger partial charge in [0.15, 0.2) is 5.56 Å². The number of ether oxygens (including phenoxy) is 2. The van der Waals surface area contributed by atoms with E-state index in [0.29, 0.717) is 26.3 Å². The number of rotatable bonds is 3. The molecule has 0 bridgehead atoms. The number of hydrogen-bond donors (Lipinski definition) is 0. The molecule has 0 saturated carbocycles. The second kappa shape index (κ2) is 5.66. The van der Waals surface area contributed by atoms with Crippen LogP contribution in [0.4, 0.5) is 5.69 Å². The van der Waals surface area contributed by atoms with E-state index in [4.69, 9.17) is 9.47 Å². The second-order valence-electron chi connectivity index (χ2n) is 4.02. The highest BCUT2D eigenvalue weighted by atomic mass is 16.6. The first-order chi connectivity index (χ1) is 9.15. The molecule has 19 heavy (non-hydrogen) atoms. The highest BCUT2D eigenvalue weighted by molar-refractivity contribution is 6.01. The van der Waals surface area contributed by atoms with Crippen LogP contribution in [0.25, 0.3) is 0 Å². The zero-order chi connectivity index (χ0) is 13.8. The highest BCUT2D eigenvalue weighted by Gasteiger charge is 2.29. The smallest absolute Gasteiger partial charge is 0.285 e. The molecule has 1 aromatic carbocycles. The zero-order valence-corrected chi connectivity index (χ0v) is 10.5. The second-order valence-corrected chi connectivity index (χ2v) is 4.02. The molecular formula is C12H14N2O5. The van der Waals surface area contributed by atoms with Crippen molar-refractivity contribution in [3.8, 4) is 5.75 Å². The van der Waals surface area contributed by atoms with E-state index in [0.717, 1.165) is 0 Å². The van der Waals surface area contributed by atoms with Crippen LogP contribution < -0.4 is 4.74 Å². The molecule has 7 nitrogen and oxygen atoms in total. The lowest BCUT2D eigenvalue weighted by Crippen LogP contribution is -2.41. The number of nitrogens with zero attached hydrogens (tertiary/aromatic N) is 2. The van der Waals surface area contributed by atoms with Crippen LogP contribution in [0, 0.1) is 10.1 Å². The Morgan fingerprint density at radius 1 is 1.42 bits per heavy atom. The number of hydrogen-bond acceptors (Lipinski definition) is 5. The maximum atomic E-state index is 12.4. The van der Waals surface area contributed by atoms with Crippen molar-refractivity contribution in [2.24, 2.45) is 0 Å². The minimum Gasteiger partial charge on any atom is -0.496 e. The Kier molecular flexibility index (Phi) is 3.96. The van der Waals surface area contributed by atoms with Gasteiger partial charge in [-0.15, -0.1) is 0 Å². The number of morpholine rings is 1. The van der Waals surface area contributed by atoms with E-state index in [-0.39, 0.29) is 17.0 Å². The molecule has 1 amide bonds. The summed E-state index contributed by atoms with van der Waals surface area (Å²) in [6, 6.07) is 4.34. The van der Waals surface area contributed by atoms with Crippen molar-refractivity contribution in [3.63, 3.8) is 0 Å². The number of amides is 1. The topological polar surface area (TPSA) is 81.9 Å². The van der Waals surface area contributed by atoms with Crippen molar-refractivity contribution in [2.45, 2.75) is 0 Å². The molecule has 0 radical (unpaired) electrons. The zero-order valence-electron chi connectivity index (χ0n) is 10.5. The molecule has 1 aromatic rings. The number of benzene rings is 1. The first kappa shape index (κ1) is 13.3. The third-order valence-electron chi connectivity index (χ3n) is 2.93. The van der Waals surface area contributed by atoms with Gasteiger partial charge in [-0.1, -0.05) is 6.07 Å². The third-order valence-corrected chi connectivity index (χ3v) is 2.93. The maximum absolute atomic E-state index is 12.4. The fraction of sp³-hybridized carbons (Fsp3) is 0.417. The molecule has 0 spiro atoms. The molecule has 1 fully saturated rings. The van der Waals surface area contributed by atoms with Gasteiger partial charge in [0.05, 0.1) is 25.2 Å². The SMILES string of the molecule is COc1cccc([N+](=O)[O-])c1C(=O)N1CCOCC1. The van der Waals surface area contributed by atoms with Crippen LogP contribution in [0.1, 0.15) is 10.4 Å². The van der Waals surface area contributed by atoms with Crippen LogP contribution in [0.15, 0.2) is 18.2 Å². The van der Waals surface area contributed by atoms with Gasteiger partial charge in [0.2, 0.25) is 0 Å². The van der Waals surface area contributed by atoms with Crippen LogP contribution in [0.2, 0.25) is 0 Å². The number of nitro groups is 1. The lowest BCUT2D eigenvalue weighted by Gasteiger charge is -2.27. The summed E-state index contributed by atoms with van der Waals surface area (Å²) < 4.78 is 10.2. The van der Waals surface area contributed by atoms with Crippen molar-refractivity contribution in [3.05, 3.63) is 33.9 Å². The Morgan fingerprint density at radius 2 is 2.11 bits per heavy atom. The lowest BCUT2D eigenvalue weighted by molar-refractivity contribution is -0.385. The van der Waals surface area contributed by atoms with Crippen molar-refractivity contribution < 1.29 is 19.2 Å². The van der Waals surface area contributed by atoms with Crippen LogP contribution in [0.5, 0.6) is 5.75 Å². The first-order valence-corrected chi connectivity index (χ1v) is 5.83. The van der Waals surface area contributed by atoms with Gasteiger partial charge < -0.3 is 14.4 Å². The van der Waals surface area contributed by atoms with Crippen LogP contribution in [-0.2, 0) is 4.74 Å². The largest absolute Gasteiger partial charge is 0.496 e. The molecule has 102 valence electrons. The Morgan fingerprint density at radius 3 is 2.68 bits per heavy atom. The van der Waals surface area contributed by atoms with Gasteiger partial charge in [0, 0.05) is 19.2 Å². The van der Waals surface area contributed by atoms with E-state index in [1.165, 1.54) is 24.1 Å².